The van der Waals surface area contributed by atoms with Gasteiger partial charge in [0.15, 0.2) is 11.3 Å². The van der Waals surface area contributed by atoms with Crippen LogP contribution < -0.4 is 0 Å². The largest absolute Gasteiger partial charge is 0.457 e. The second-order valence-electron chi connectivity index (χ2n) is 10.7. The van der Waals surface area contributed by atoms with Crippen LogP contribution in [-0.2, 0) is 9.53 Å². The van der Waals surface area contributed by atoms with Crippen LogP contribution in [0.1, 0.15) is 50.1 Å². The van der Waals surface area contributed by atoms with Crippen molar-refractivity contribution in [3.8, 4) is 0 Å². The van der Waals surface area contributed by atoms with Crippen molar-refractivity contribution in [3.63, 3.8) is 0 Å². The Kier molecular flexibility index (Phi) is 5.87. The topological polar surface area (TPSA) is 101 Å². The van der Waals surface area contributed by atoms with E-state index in [0.717, 1.165) is 0 Å². The van der Waals surface area contributed by atoms with Gasteiger partial charge in [0.1, 0.15) is 12.2 Å². The number of esters is 1. The van der Waals surface area contributed by atoms with Gasteiger partial charge in [-0.25, -0.2) is 18.0 Å². The van der Waals surface area contributed by atoms with Crippen LogP contribution in [-0.4, -0.2) is 51.5 Å². The Bertz CT molecular complexity index is 1170. The molecule has 8 atom stereocenters. The number of furan rings is 1. The number of nitrogens with one attached hydrogen (secondary N) is 1. The zero-order valence-electron chi connectivity index (χ0n) is 19.9. The number of allylic oxidation sites excluding steroid dienone is 4. The Morgan fingerprint density at radius 3 is 2.75 bits per heavy atom. The Morgan fingerprint density at radius 1 is 1.33 bits per heavy atom. The van der Waals surface area contributed by atoms with Crippen LogP contribution in [0.5, 0.6) is 0 Å². The van der Waals surface area contributed by atoms with Crippen LogP contribution in [0.15, 0.2) is 46.6 Å². The van der Waals surface area contributed by atoms with E-state index in [1.165, 1.54) is 43.5 Å². The van der Waals surface area contributed by atoms with Crippen molar-refractivity contribution in [1.29, 1.82) is 5.41 Å². The molecular weight excluding hydrogens is 495 g/mol. The zero-order chi connectivity index (χ0) is 26.1. The van der Waals surface area contributed by atoms with E-state index in [1.54, 1.807) is 6.92 Å². The minimum Gasteiger partial charge on any atom is -0.457 e. The monoisotopic (exact) mass is 523 g/mol. The van der Waals surface area contributed by atoms with Gasteiger partial charge in [-0.1, -0.05) is 13.0 Å². The van der Waals surface area contributed by atoms with Crippen molar-refractivity contribution >= 4 is 28.6 Å². The maximum Gasteiger partial charge on any atom is 0.375 e. The van der Waals surface area contributed by atoms with Gasteiger partial charge in [-0.3, -0.25) is 4.79 Å². The van der Waals surface area contributed by atoms with Gasteiger partial charge < -0.3 is 19.7 Å². The van der Waals surface area contributed by atoms with E-state index in [4.69, 9.17) is 14.6 Å². The highest BCUT2D eigenvalue weighted by Gasteiger charge is 2.76. The Labute approximate surface area is 210 Å². The van der Waals surface area contributed by atoms with E-state index in [-0.39, 0.29) is 42.7 Å². The molecule has 2 unspecified atom stereocenters. The molecule has 3 fully saturated rings. The van der Waals surface area contributed by atoms with Gasteiger partial charge in [0.2, 0.25) is 10.9 Å². The smallest absolute Gasteiger partial charge is 0.375 e. The molecule has 10 heteroatoms. The van der Waals surface area contributed by atoms with Gasteiger partial charge in [0, 0.05) is 16.7 Å². The number of halogens is 3. The maximum absolute atomic E-state index is 17.3. The Morgan fingerprint density at radius 2 is 2.08 bits per heavy atom. The van der Waals surface area contributed by atoms with Crippen LogP contribution in [0.25, 0.3) is 0 Å². The lowest BCUT2D eigenvalue weighted by Crippen LogP contribution is -2.70. The summed E-state index contributed by atoms with van der Waals surface area (Å²) in [5.74, 6) is -2.70. The molecule has 5 rings (SSSR count). The number of carbonyl (C=O) groups excluding carboxylic acids is 2. The first-order chi connectivity index (χ1) is 16.9. The van der Waals surface area contributed by atoms with E-state index in [9.17, 15) is 19.1 Å². The second-order valence-corrected chi connectivity index (χ2v) is 11.6. The van der Waals surface area contributed by atoms with Crippen molar-refractivity contribution in [2.75, 3.05) is 6.01 Å². The fourth-order valence-electron chi connectivity index (χ4n) is 7.53. The molecule has 36 heavy (non-hydrogen) atoms. The lowest BCUT2D eigenvalue weighted by Gasteiger charge is -2.63. The summed E-state index contributed by atoms with van der Waals surface area (Å²) in [5.41, 5.74) is -6.73. The standard InChI is InChI=1S/C26H28F3NO5S/c1-23-7-5-14(30)10-17(23)18(28)11-16-15-6-8-25(22(33)36-13-27,35-21(32)19-4-3-9-34-19)24(15,2)12-20(31)26(16,23)29/h3-5,7,9-10,15-16,18,20,30-31H,6,8,11-13H2,1-2H3/t15?,16?,18-,20-,23-,24-,25-,26-/m0/s1. The first-order valence-corrected chi connectivity index (χ1v) is 12.9. The van der Waals surface area contributed by atoms with E-state index in [2.05, 4.69) is 0 Å². The molecule has 4 aliphatic rings. The third-order valence-corrected chi connectivity index (χ3v) is 9.98. The fourth-order valence-corrected chi connectivity index (χ4v) is 8.24. The minimum absolute atomic E-state index is 0.0113. The van der Waals surface area contributed by atoms with Gasteiger partial charge in [-0.15, -0.1) is 0 Å². The number of aliphatic hydroxyl groups is 1. The predicted molar refractivity (Wildman–Crippen MR) is 127 cm³/mol. The lowest BCUT2D eigenvalue weighted by atomic mass is 9.44. The number of fused-ring (bicyclic) bond motifs is 5. The highest BCUT2D eigenvalue weighted by Crippen LogP contribution is 2.71. The average Bonchev–Trinajstić information content (AvgIpc) is 3.45. The molecule has 1 heterocycles. The Hall–Kier alpha value is -2.33. The van der Waals surface area contributed by atoms with Crippen molar-refractivity contribution in [1.82, 2.24) is 0 Å². The van der Waals surface area contributed by atoms with Crippen LogP contribution in [0, 0.1) is 28.1 Å². The molecular formula is C26H28F3NO5S. The quantitative estimate of drug-likeness (QED) is 0.531. The number of carbonyl (C=O) groups is 2. The number of hydrogen-bond donors (Lipinski definition) is 2. The first kappa shape index (κ1) is 25.3. The highest BCUT2D eigenvalue weighted by molar-refractivity contribution is 8.13. The molecule has 1 aromatic heterocycles. The van der Waals surface area contributed by atoms with Crippen LogP contribution in [0.3, 0.4) is 0 Å². The predicted octanol–water partition coefficient (Wildman–Crippen LogP) is 5.13. The molecule has 6 nitrogen and oxygen atoms in total. The number of rotatable bonds is 4. The molecule has 0 aromatic carbocycles. The summed E-state index contributed by atoms with van der Waals surface area (Å²) < 4.78 is 57.1. The minimum atomic E-state index is -2.28. The summed E-state index contributed by atoms with van der Waals surface area (Å²) in [4.78, 5) is 26.3. The summed E-state index contributed by atoms with van der Waals surface area (Å²) in [6.07, 6.45) is 1.99. The Balaban J connectivity index is 1.60. The van der Waals surface area contributed by atoms with Crippen LogP contribution >= 0.6 is 11.8 Å². The molecule has 3 saturated carbocycles. The van der Waals surface area contributed by atoms with E-state index in [0.29, 0.717) is 11.8 Å². The molecule has 0 radical (unpaired) electrons. The number of aliphatic hydroxyl groups excluding tert-OH is 1. The molecule has 4 aliphatic carbocycles. The zero-order valence-corrected chi connectivity index (χ0v) is 20.7. The SMILES string of the molecule is C[C@]12C=CC(=N)C=C1[C@@H](F)CC1C3CC[C@](OC(=O)c4ccco4)(C(=O)SCF)[C@@]3(C)C[C@H](O)[C@@]12F. The number of thioether (sulfide) groups is 1. The van der Waals surface area contributed by atoms with Gasteiger partial charge >= 0.3 is 5.97 Å². The third-order valence-electron chi connectivity index (χ3n) is 9.28. The van der Waals surface area contributed by atoms with Gasteiger partial charge in [0.05, 0.1) is 18.1 Å². The number of alkyl halides is 3. The van der Waals surface area contributed by atoms with E-state index in [1.807, 2.05) is 0 Å². The molecule has 2 N–H and O–H groups in total. The van der Waals surface area contributed by atoms with Crippen molar-refractivity contribution in [3.05, 3.63) is 48.0 Å². The maximum atomic E-state index is 17.3. The third kappa shape index (κ3) is 3.12. The van der Waals surface area contributed by atoms with Crippen molar-refractivity contribution < 1.29 is 37.0 Å². The van der Waals surface area contributed by atoms with Crippen LogP contribution in [0.2, 0.25) is 0 Å². The summed E-state index contributed by atoms with van der Waals surface area (Å²) in [5, 5.41) is 18.6. The second kappa shape index (κ2) is 8.34. The molecule has 0 bridgehead atoms. The van der Waals surface area contributed by atoms with Crippen LogP contribution in [0.4, 0.5) is 13.2 Å². The van der Waals surface area contributed by atoms with Gasteiger partial charge in [0.25, 0.3) is 0 Å². The molecule has 0 spiro atoms. The van der Waals surface area contributed by atoms with Gasteiger partial charge in [-0.2, -0.15) is 0 Å². The summed E-state index contributed by atoms with van der Waals surface area (Å²) in [6.45, 7) is 3.18. The fraction of sp³-hybridized carbons (Fsp3) is 0.577. The molecule has 1 aromatic rings. The van der Waals surface area contributed by atoms with E-state index >= 15 is 8.78 Å². The molecule has 0 aliphatic heterocycles. The molecule has 194 valence electrons. The molecule has 0 amide bonds. The average molecular weight is 524 g/mol. The summed E-state index contributed by atoms with van der Waals surface area (Å²) in [7, 11) is 0. The normalized spacial score (nSPS) is 43.3. The summed E-state index contributed by atoms with van der Waals surface area (Å²) >= 11 is 0.362. The van der Waals surface area contributed by atoms with Crippen molar-refractivity contribution in [2.24, 2.45) is 22.7 Å². The highest BCUT2D eigenvalue weighted by atomic mass is 32.2. The van der Waals surface area contributed by atoms with Gasteiger partial charge in [-0.05, 0) is 80.1 Å². The summed E-state index contributed by atoms with van der Waals surface area (Å²) in [6, 6.07) is 1.81. The van der Waals surface area contributed by atoms with Crippen molar-refractivity contribution in [2.45, 2.75) is 63.1 Å². The van der Waals surface area contributed by atoms with E-state index < -0.39 is 63.3 Å². The number of hydrogen-bond acceptors (Lipinski definition) is 7. The number of ether oxygens (including phenoxy) is 1. The lowest BCUT2D eigenvalue weighted by molar-refractivity contribution is -0.219. The molecule has 0 saturated heterocycles. The first-order valence-electron chi connectivity index (χ1n) is 12.0.